The van der Waals surface area contributed by atoms with E-state index < -0.39 is 0 Å². The summed E-state index contributed by atoms with van der Waals surface area (Å²) in [5.41, 5.74) is 4.62. The largest absolute Gasteiger partial charge is 0.378 e. The SMILES string of the molecule is C=CC(=O)Nc1ccc(CNC(=O)c2cc(-c3cccc4[nH]ncc34)nc(N3CCOCC3)c2)cc1. The van der Waals surface area contributed by atoms with Gasteiger partial charge in [-0.3, -0.25) is 14.7 Å². The summed E-state index contributed by atoms with van der Waals surface area (Å²) in [5.74, 6) is 0.270. The second-order valence-electron chi connectivity index (χ2n) is 8.41. The molecule has 3 heterocycles. The Kier molecular flexibility index (Phi) is 6.72. The van der Waals surface area contributed by atoms with E-state index in [1.165, 1.54) is 6.08 Å². The van der Waals surface area contributed by atoms with E-state index in [4.69, 9.17) is 9.72 Å². The minimum atomic E-state index is -0.272. The lowest BCUT2D eigenvalue weighted by molar-refractivity contribution is -0.111. The number of amides is 2. The number of benzene rings is 2. The van der Waals surface area contributed by atoms with Crippen molar-refractivity contribution in [2.24, 2.45) is 0 Å². The molecule has 0 bridgehead atoms. The number of hydrogen-bond donors (Lipinski definition) is 3. The van der Waals surface area contributed by atoms with Crippen LogP contribution in [0.1, 0.15) is 15.9 Å². The zero-order valence-corrected chi connectivity index (χ0v) is 19.7. The second-order valence-corrected chi connectivity index (χ2v) is 8.41. The van der Waals surface area contributed by atoms with E-state index in [1.54, 1.807) is 18.3 Å². The Morgan fingerprint density at radius 2 is 1.92 bits per heavy atom. The van der Waals surface area contributed by atoms with E-state index in [2.05, 4.69) is 32.3 Å². The highest BCUT2D eigenvalue weighted by atomic mass is 16.5. The van der Waals surface area contributed by atoms with Crippen molar-refractivity contribution in [3.05, 3.63) is 84.6 Å². The summed E-state index contributed by atoms with van der Waals surface area (Å²) in [4.78, 5) is 31.7. The highest BCUT2D eigenvalue weighted by molar-refractivity contribution is 5.99. The molecule has 1 fully saturated rings. The summed E-state index contributed by atoms with van der Waals surface area (Å²) < 4.78 is 5.50. The zero-order chi connectivity index (χ0) is 24.9. The van der Waals surface area contributed by atoms with Gasteiger partial charge in [-0.2, -0.15) is 5.10 Å². The van der Waals surface area contributed by atoms with Crippen molar-refractivity contribution < 1.29 is 14.3 Å². The highest BCUT2D eigenvalue weighted by Crippen LogP contribution is 2.29. The van der Waals surface area contributed by atoms with E-state index >= 15 is 0 Å². The first-order valence-corrected chi connectivity index (χ1v) is 11.7. The smallest absolute Gasteiger partial charge is 0.251 e. The summed E-state index contributed by atoms with van der Waals surface area (Å²) in [7, 11) is 0. The molecule has 1 aliphatic rings. The lowest BCUT2D eigenvalue weighted by Crippen LogP contribution is -2.37. The molecule has 0 radical (unpaired) electrons. The van der Waals surface area contributed by atoms with Crippen LogP contribution in [0.2, 0.25) is 0 Å². The van der Waals surface area contributed by atoms with Crippen molar-refractivity contribution in [3.63, 3.8) is 0 Å². The van der Waals surface area contributed by atoms with Gasteiger partial charge in [0, 0.05) is 41.8 Å². The molecule has 2 aromatic carbocycles. The van der Waals surface area contributed by atoms with Gasteiger partial charge in [0.05, 0.1) is 30.6 Å². The first-order chi connectivity index (χ1) is 17.6. The monoisotopic (exact) mass is 482 g/mol. The predicted octanol–water partition coefficient (Wildman–Crippen LogP) is 3.52. The summed E-state index contributed by atoms with van der Waals surface area (Å²) in [6.07, 6.45) is 2.99. The van der Waals surface area contributed by atoms with Crippen LogP contribution in [0.3, 0.4) is 0 Å². The van der Waals surface area contributed by atoms with Crippen LogP contribution in [-0.2, 0) is 16.1 Å². The molecule has 1 aliphatic heterocycles. The van der Waals surface area contributed by atoms with E-state index in [0.29, 0.717) is 49.8 Å². The van der Waals surface area contributed by atoms with Crippen LogP contribution in [-0.4, -0.2) is 53.3 Å². The zero-order valence-electron chi connectivity index (χ0n) is 19.7. The molecule has 0 saturated carbocycles. The lowest BCUT2D eigenvalue weighted by Gasteiger charge is -2.28. The highest BCUT2D eigenvalue weighted by Gasteiger charge is 2.18. The number of anilines is 2. The molecular weight excluding hydrogens is 456 g/mol. The quantitative estimate of drug-likeness (QED) is 0.348. The van der Waals surface area contributed by atoms with Crippen LogP contribution < -0.4 is 15.5 Å². The molecule has 1 saturated heterocycles. The van der Waals surface area contributed by atoms with Gasteiger partial charge >= 0.3 is 0 Å². The summed E-state index contributed by atoms with van der Waals surface area (Å²) >= 11 is 0. The van der Waals surface area contributed by atoms with Gasteiger partial charge in [0.1, 0.15) is 5.82 Å². The van der Waals surface area contributed by atoms with E-state index in [-0.39, 0.29) is 11.8 Å². The van der Waals surface area contributed by atoms with Crippen molar-refractivity contribution in [2.45, 2.75) is 6.54 Å². The van der Waals surface area contributed by atoms with Crippen molar-refractivity contribution in [1.29, 1.82) is 0 Å². The number of aromatic nitrogens is 3. The maximum atomic E-state index is 13.2. The Hall–Kier alpha value is -4.50. The molecule has 0 atom stereocenters. The minimum absolute atomic E-state index is 0.198. The third-order valence-corrected chi connectivity index (χ3v) is 6.03. The van der Waals surface area contributed by atoms with E-state index in [1.807, 2.05) is 42.5 Å². The molecule has 9 nitrogen and oxygen atoms in total. The van der Waals surface area contributed by atoms with Gasteiger partial charge in [0.15, 0.2) is 0 Å². The number of rotatable bonds is 7. The third kappa shape index (κ3) is 5.11. The maximum Gasteiger partial charge on any atom is 0.251 e. The molecule has 0 unspecified atom stereocenters. The van der Waals surface area contributed by atoms with Crippen molar-refractivity contribution in [2.75, 3.05) is 36.5 Å². The molecule has 2 aromatic heterocycles. The number of aromatic amines is 1. The number of hydrogen-bond acceptors (Lipinski definition) is 6. The number of nitrogens with one attached hydrogen (secondary N) is 3. The van der Waals surface area contributed by atoms with Crippen LogP contribution in [0.15, 0.2) is 73.4 Å². The van der Waals surface area contributed by atoms with Gasteiger partial charge in [-0.1, -0.05) is 30.8 Å². The number of carbonyl (C=O) groups is 2. The van der Waals surface area contributed by atoms with Crippen LogP contribution in [0.25, 0.3) is 22.2 Å². The molecule has 182 valence electrons. The molecule has 5 rings (SSSR count). The van der Waals surface area contributed by atoms with Crippen molar-refractivity contribution in [1.82, 2.24) is 20.5 Å². The van der Waals surface area contributed by atoms with Gasteiger partial charge in [-0.25, -0.2) is 4.98 Å². The Balaban J connectivity index is 1.40. The second kappa shape index (κ2) is 10.4. The normalized spacial score (nSPS) is 13.4. The van der Waals surface area contributed by atoms with Gasteiger partial charge in [0.25, 0.3) is 5.91 Å². The van der Waals surface area contributed by atoms with Crippen LogP contribution in [0, 0.1) is 0 Å². The summed E-state index contributed by atoms with van der Waals surface area (Å²) in [6.45, 7) is 6.45. The number of ether oxygens (including phenoxy) is 1. The van der Waals surface area contributed by atoms with Crippen LogP contribution in [0.4, 0.5) is 11.5 Å². The Morgan fingerprint density at radius 1 is 1.11 bits per heavy atom. The molecule has 9 heteroatoms. The Labute approximate surface area is 208 Å². The molecule has 3 N–H and O–H groups in total. The third-order valence-electron chi connectivity index (χ3n) is 6.03. The number of pyridine rings is 1. The maximum absolute atomic E-state index is 13.2. The van der Waals surface area contributed by atoms with Crippen LogP contribution in [0.5, 0.6) is 0 Å². The number of carbonyl (C=O) groups excluding carboxylic acids is 2. The fourth-order valence-electron chi connectivity index (χ4n) is 4.11. The molecule has 4 aromatic rings. The molecule has 36 heavy (non-hydrogen) atoms. The fourth-order valence-corrected chi connectivity index (χ4v) is 4.11. The average Bonchev–Trinajstić information content (AvgIpc) is 3.42. The molecular formula is C27H26N6O3. The van der Waals surface area contributed by atoms with E-state index in [0.717, 1.165) is 27.8 Å². The average molecular weight is 483 g/mol. The van der Waals surface area contributed by atoms with Gasteiger partial charge in [-0.15, -0.1) is 0 Å². The molecule has 2 amide bonds. The number of nitrogens with zero attached hydrogens (tertiary/aromatic N) is 3. The van der Waals surface area contributed by atoms with Crippen molar-refractivity contribution in [3.8, 4) is 11.3 Å². The first-order valence-electron chi connectivity index (χ1n) is 11.7. The Morgan fingerprint density at radius 3 is 2.69 bits per heavy atom. The van der Waals surface area contributed by atoms with Gasteiger partial charge in [-0.05, 0) is 42.0 Å². The number of morpholine rings is 1. The fraction of sp³-hybridized carbons (Fsp3) is 0.185. The Bertz CT molecular complexity index is 1410. The van der Waals surface area contributed by atoms with Gasteiger partial charge < -0.3 is 20.3 Å². The lowest BCUT2D eigenvalue weighted by atomic mass is 10.0. The first kappa shape index (κ1) is 23.3. The molecule has 0 aliphatic carbocycles. The minimum Gasteiger partial charge on any atom is -0.378 e. The topological polar surface area (TPSA) is 112 Å². The summed E-state index contributed by atoms with van der Waals surface area (Å²) in [6, 6.07) is 16.8. The number of H-pyrrole nitrogens is 1. The van der Waals surface area contributed by atoms with E-state index in [9.17, 15) is 9.59 Å². The summed E-state index contributed by atoms with van der Waals surface area (Å²) in [5, 5.41) is 13.8. The number of fused-ring (bicyclic) bond motifs is 1. The van der Waals surface area contributed by atoms with Crippen molar-refractivity contribution >= 4 is 34.2 Å². The van der Waals surface area contributed by atoms with Gasteiger partial charge in [0.2, 0.25) is 5.91 Å². The predicted molar refractivity (Wildman–Crippen MR) is 139 cm³/mol. The standard InChI is InChI=1S/C27H26N6O3/c1-2-26(34)30-20-8-6-18(7-9-20)16-28-27(35)19-14-24(21-4-3-5-23-22(21)17-29-32-23)31-25(15-19)33-10-12-36-13-11-33/h2-9,14-15,17H,1,10-13,16H2,(H,28,35)(H,29,32)(H,30,34). The van der Waals surface area contributed by atoms with Crippen LogP contribution >= 0.6 is 0 Å². The molecule has 0 spiro atoms.